The summed E-state index contributed by atoms with van der Waals surface area (Å²) in [6, 6.07) is 9.89. The van der Waals surface area contributed by atoms with E-state index in [-0.39, 0.29) is 6.42 Å². The molecule has 0 spiro atoms. The molecule has 0 saturated carbocycles. The quantitative estimate of drug-likeness (QED) is 0.756. The number of amides is 1. The summed E-state index contributed by atoms with van der Waals surface area (Å²) in [5, 5.41) is 11.8. The van der Waals surface area contributed by atoms with Crippen LogP contribution in [0.2, 0.25) is 0 Å². The fraction of sp³-hybridized carbons (Fsp3) is 0.143. The molecule has 21 heavy (non-hydrogen) atoms. The Bertz CT molecular complexity index is 657. The van der Waals surface area contributed by atoms with E-state index in [1.165, 1.54) is 11.3 Å². The van der Waals surface area contributed by atoms with Gasteiger partial charge in [-0.05, 0) is 43.5 Å². The molecule has 0 radical (unpaired) electrons. The molecule has 0 bridgehead atoms. The van der Waals surface area contributed by atoms with Gasteiger partial charge in [-0.15, -0.1) is 11.3 Å². The van der Waals surface area contributed by atoms with Crippen LogP contribution in [0.3, 0.4) is 0 Å². The standard InChI is InChI=1S/C14H11Br2NO3S/c15-11-7-9(12(16)21-11)13(18)17-10(14(19)20)6-8-4-2-1-3-5-8/h1-5,7,10H,6H2,(H,17,18)(H,19,20). The molecule has 110 valence electrons. The highest BCUT2D eigenvalue weighted by molar-refractivity contribution is 9.12. The number of carboxylic acids is 1. The Balaban J connectivity index is 2.11. The summed E-state index contributed by atoms with van der Waals surface area (Å²) in [7, 11) is 0. The van der Waals surface area contributed by atoms with E-state index in [4.69, 9.17) is 0 Å². The van der Waals surface area contributed by atoms with Gasteiger partial charge >= 0.3 is 5.97 Å². The van der Waals surface area contributed by atoms with Crippen LogP contribution in [0, 0.1) is 0 Å². The van der Waals surface area contributed by atoms with Crippen molar-refractivity contribution >= 4 is 55.1 Å². The van der Waals surface area contributed by atoms with E-state index in [0.717, 1.165) is 9.35 Å². The minimum absolute atomic E-state index is 0.241. The second-order valence-electron chi connectivity index (χ2n) is 4.29. The van der Waals surface area contributed by atoms with Gasteiger partial charge in [0.1, 0.15) is 6.04 Å². The van der Waals surface area contributed by atoms with Gasteiger partial charge in [0.15, 0.2) is 0 Å². The van der Waals surface area contributed by atoms with Crippen LogP contribution in [0.25, 0.3) is 0 Å². The molecule has 0 aliphatic heterocycles. The average Bonchev–Trinajstić information content (AvgIpc) is 2.78. The first kappa shape index (κ1) is 16.2. The zero-order valence-corrected chi connectivity index (χ0v) is 14.7. The zero-order chi connectivity index (χ0) is 15.4. The van der Waals surface area contributed by atoms with Crippen molar-refractivity contribution in [3.8, 4) is 0 Å². The molecular formula is C14H11Br2NO3S. The van der Waals surface area contributed by atoms with Crippen LogP contribution in [0.4, 0.5) is 0 Å². The minimum atomic E-state index is -1.06. The molecule has 1 heterocycles. The number of benzene rings is 1. The lowest BCUT2D eigenvalue weighted by molar-refractivity contribution is -0.139. The van der Waals surface area contributed by atoms with E-state index in [0.29, 0.717) is 9.35 Å². The normalized spacial score (nSPS) is 11.9. The Hall–Kier alpha value is -1.18. The maximum absolute atomic E-state index is 12.2. The van der Waals surface area contributed by atoms with E-state index in [9.17, 15) is 14.7 Å². The summed E-state index contributed by atoms with van der Waals surface area (Å²) in [6.07, 6.45) is 0.241. The molecule has 2 N–H and O–H groups in total. The van der Waals surface area contributed by atoms with Crippen molar-refractivity contribution in [3.05, 3.63) is 55.1 Å². The summed E-state index contributed by atoms with van der Waals surface area (Å²) in [6.45, 7) is 0. The van der Waals surface area contributed by atoms with Crippen molar-refractivity contribution in [1.29, 1.82) is 0 Å². The van der Waals surface area contributed by atoms with Gasteiger partial charge in [-0.1, -0.05) is 30.3 Å². The van der Waals surface area contributed by atoms with Crippen LogP contribution in [-0.2, 0) is 11.2 Å². The van der Waals surface area contributed by atoms with E-state index >= 15 is 0 Å². The van der Waals surface area contributed by atoms with Gasteiger partial charge in [0.25, 0.3) is 5.91 Å². The molecule has 7 heteroatoms. The monoisotopic (exact) mass is 431 g/mol. The third kappa shape index (κ3) is 4.39. The number of carbonyl (C=O) groups is 2. The Morgan fingerprint density at radius 1 is 1.24 bits per heavy atom. The summed E-state index contributed by atoms with van der Waals surface area (Å²) >= 11 is 7.95. The van der Waals surface area contributed by atoms with Crippen LogP contribution in [0.15, 0.2) is 44.0 Å². The third-order valence-corrected chi connectivity index (χ3v) is 5.13. The first-order valence-electron chi connectivity index (χ1n) is 6.00. The lowest BCUT2D eigenvalue weighted by Gasteiger charge is -2.14. The van der Waals surface area contributed by atoms with Crippen molar-refractivity contribution in [3.63, 3.8) is 0 Å². The first-order chi connectivity index (χ1) is 9.97. The van der Waals surface area contributed by atoms with Gasteiger partial charge < -0.3 is 10.4 Å². The molecule has 0 fully saturated rings. The summed E-state index contributed by atoms with van der Waals surface area (Å²) in [5.41, 5.74) is 1.28. The van der Waals surface area contributed by atoms with Crippen LogP contribution in [0.1, 0.15) is 15.9 Å². The van der Waals surface area contributed by atoms with Gasteiger partial charge in [0, 0.05) is 6.42 Å². The molecular weight excluding hydrogens is 422 g/mol. The van der Waals surface area contributed by atoms with E-state index in [2.05, 4.69) is 37.2 Å². The fourth-order valence-corrected chi connectivity index (χ4v) is 4.57. The number of carbonyl (C=O) groups excluding carboxylic acids is 1. The molecule has 0 aliphatic rings. The maximum Gasteiger partial charge on any atom is 0.326 e. The highest BCUT2D eigenvalue weighted by Gasteiger charge is 2.23. The Labute approximate surface area is 142 Å². The van der Waals surface area contributed by atoms with Crippen LogP contribution in [0.5, 0.6) is 0 Å². The predicted molar refractivity (Wildman–Crippen MR) is 88.8 cm³/mol. The molecule has 1 aromatic heterocycles. The summed E-state index contributed by atoms with van der Waals surface area (Å²) in [4.78, 5) is 23.5. The zero-order valence-electron chi connectivity index (χ0n) is 10.7. The topological polar surface area (TPSA) is 66.4 Å². The number of hydrogen-bond acceptors (Lipinski definition) is 3. The van der Waals surface area contributed by atoms with Crippen molar-refractivity contribution < 1.29 is 14.7 Å². The maximum atomic E-state index is 12.2. The number of hydrogen-bond donors (Lipinski definition) is 2. The van der Waals surface area contributed by atoms with Crippen LogP contribution >= 0.6 is 43.2 Å². The van der Waals surface area contributed by atoms with Gasteiger partial charge in [-0.2, -0.15) is 0 Å². The Morgan fingerprint density at radius 3 is 2.43 bits per heavy atom. The lowest BCUT2D eigenvalue weighted by Crippen LogP contribution is -2.42. The average molecular weight is 433 g/mol. The molecule has 2 rings (SSSR count). The lowest BCUT2D eigenvalue weighted by atomic mass is 10.1. The number of thiophene rings is 1. The molecule has 0 saturated heterocycles. The van der Waals surface area contributed by atoms with Crippen LogP contribution in [-0.4, -0.2) is 23.0 Å². The van der Waals surface area contributed by atoms with E-state index in [1.54, 1.807) is 6.07 Å². The van der Waals surface area contributed by atoms with Gasteiger partial charge in [0.05, 0.1) is 13.1 Å². The molecule has 1 unspecified atom stereocenters. The molecule has 0 aliphatic carbocycles. The van der Waals surface area contributed by atoms with E-state index in [1.807, 2.05) is 30.3 Å². The third-order valence-electron chi connectivity index (χ3n) is 2.79. The number of carboxylic acid groups (broad SMARTS) is 1. The predicted octanol–water partition coefficient (Wildman–Crippen LogP) is 3.70. The SMILES string of the molecule is O=C(NC(Cc1ccccc1)C(=O)O)c1cc(Br)sc1Br. The first-order valence-corrected chi connectivity index (χ1v) is 8.40. The van der Waals surface area contributed by atoms with Gasteiger partial charge in [-0.25, -0.2) is 4.79 Å². The Morgan fingerprint density at radius 2 is 1.90 bits per heavy atom. The van der Waals surface area contributed by atoms with Gasteiger partial charge in [0.2, 0.25) is 0 Å². The summed E-state index contributed by atoms with van der Waals surface area (Å²) in [5.74, 6) is -1.47. The number of aliphatic carboxylic acids is 1. The van der Waals surface area contributed by atoms with Crippen molar-refractivity contribution in [1.82, 2.24) is 5.32 Å². The Kier molecular flexibility index (Phi) is 5.55. The highest BCUT2D eigenvalue weighted by atomic mass is 79.9. The fourth-order valence-electron chi connectivity index (χ4n) is 1.78. The number of nitrogens with one attached hydrogen (secondary N) is 1. The molecule has 1 amide bonds. The number of halogens is 2. The van der Waals surface area contributed by atoms with Crippen LogP contribution < -0.4 is 5.32 Å². The number of rotatable bonds is 5. The largest absolute Gasteiger partial charge is 0.480 e. The minimum Gasteiger partial charge on any atom is -0.480 e. The second-order valence-corrected chi connectivity index (χ2v) is 8.04. The van der Waals surface area contributed by atoms with Crippen molar-refractivity contribution in [2.45, 2.75) is 12.5 Å². The molecule has 1 atom stereocenters. The van der Waals surface area contributed by atoms with Crippen molar-refractivity contribution in [2.75, 3.05) is 0 Å². The molecule has 4 nitrogen and oxygen atoms in total. The molecule has 2 aromatic rings. The highest BCUT2D eigenvalue weighted by Crippen LogP contribution is 2.31. The summed E-state index contributed by atoms with van der Waals surface area (Å²) < 4.78 is 1.46. The molecule has 1 aromatic carbocycles. The van der Waals surface area contributed by atoms with E-state index < -0.39 is 17.9 Å². The second kappa shape index (κ2) is 7.20. The van der Waals surface area contributed by atoms with Crippen molar-refractivity contribution in [2.24, 2.45) is 0 Å². The van der Waals surface area contributed by atoms with Gasteiger partial charge in [-0.3, -0.25) is 4.79 Å². The smallest absolute Gasteiger partial charge is 0.326 e.